The number of morpholine rings is 1. The Hall–Kier alpha value is -3.47. The zero-order chi connectivity index (χ0) is 29.5. The molecule has 0 bridgehead atoms. The van der Waals surface area contributed by atoms with E-state index >= 15 is 0 Å². The van der Waals surface area contributed by atoms with E-state index in [1.54, 1.807) is 6.07 Å². The number of anilines is 1. The zero-order valence-electron chi connectivity index (χ0n) is 22.1. The molecular weight excluding hydrogens is 553 g/mol. The molecule has 1 aliphatic carbocycles. The monoisotopic (exact) mass is 583 g/mol. The highest BCUT2D eigenvalue weighted by Gasteiger charge is 2.50. The van der Waals surface area contributed by atoms with E-state index in [1.807, 2.05) is 0 Å². The fourth-order valence-corrected chi connectivity index (χ4v) is 6.42. The fraction of sp³-hybridized carbons (Fsp3) is 0.630. The normalized spacial score (nSPS) is 30.3. The molecule has 41 heavy (non-hydrogen) atoms. The van der Waals surface area contributed by atoms with Crippen LogP contribution < -0.4 is 15.5 Å². The number of fused-ring (bicyclic) bond motifs is 1. The average Bonchev–Trinajstić information content (AvgIpc) is 3.41. The van der Waals surface area contributed by atoms with Gasteiger partial charge in [-0.2, -0.15) is 18.4 Å². The van der Waals surface area contributed by atoms with Gasteiger partial charge < -0.3 is 25.2 Å². The molecule has 14 heteroatoms. The number of amides is 3. The van der Waals surface area contributed by atoms with E-state index in [9.17, 15) is 41.6 Å². The van der Waals surface area contributed by atoms with E-state index in [1.165, 1.54) is 9.80 Å². The number of hydrogen-bond donors (Lipinski definition) is 2. The van der Waals surface area contributed by atoms with Gasteiger partial charge in [-0.15, -0.1) is 0 Å². The van der Waals surface area contributed by atoms with Crippen LogP contribution in [0.3, 0.4) is 0 Å². The first-order chi connectivity index (χ1) is 19.5. The summed E-state index contributed by atoms with van der Waals surface area (Å²) in [4.78, 5) is 41.6. The van der Waals surface area contributed by atoms with Crippen molar-refractivity contribution in [3.63, 3.8) is 0 Å². The van der Waals surface area contributed by atoms with Crippen molar-refractivity contribution in [2.24, 2.45) is 11.8 Å². The Morgan fingerprint density at radius 2 is 1.83 bits per heavy atom. The van der Waals surface area contributed by atoms with Crippen molar-refractivity contribution in [2.45, 2.75) is 56.3 Å². The molecule has 4 fully saturated rings. The number of piperidine rings is 1. The summed E-state index contributed by atoms with van der Waals surface area (Å²) >= 11 is 0. The third kappa shape index (κ3) is 5.82. The molecule has 0 spiro atoms. The number of benzene rings is 1. The predicted molar refractivity (Wildman–Crippen MR) is 134 cm³/mol. The molecule has 1 saturated carbocycles. The van der Waals surface area contributed by atoms with E-state index in [0.717, 1.165) is 6.07 Å². The van der Waals surface area contributed by atoms with Crippen molar-refractivity contribution < 1.29 is 41.1 Å². The maximum Gasteiger partial charge on any atom is 0.418 e. The van der Waals surface area contributed by atoms with Crippen LogP contribution in [0.5, 0.6) is 0 Å². The number of carbonyl (C=O) groups excluding carboxylic acids is 3. The zero-order valence-corrected chi connectivity index (χ0v) is 22.1. The van der Waals surface area contributed by atoms with Gasteiger partial charge >= 0.3 is 6.18 Å². The summed E-state index contributed by atoms with van der Waals surface area (Å²) < 4.78 is 76.5. The van der Waals surface area contributed by atoms with E-state index < -0.39 is 65.7 Å². The Balaban J connectivity index is 1.38. The minimum Gasteiger partial charge on any atom is -0.378 e. The molecule has 3 heterocycles. The predicted octanol–water partition coefficient (Wildman–Crippen LogP) is 2.34. The molecule has 6 atom stereocenters. The standard InChI is InChI=1S/C27H30F5N5O4/c28-20-2-1-16-17(11-21(38)35-23(16)22(20)29)25(39)34-15-3-4-37(13-15)24-18(26(40)36-5-7-41-8-6-36)9-14(12-33)10-19(24)27(30,31)32/h9-10,15-17,20,22-23H,1-8,11,13H2,(H,34,39)(H,35,38)/t15-,16?,17?,20?,22?,23?/m1/s1. The molecule has 1 aromatic rings. The van der Waals surface area contributed by atoms with E-state index in [-0.39, 0.29) is 81.9 Å². The van der Waals surface area contributed by atoms with E-state index in [2.05, 4.69) is 10.6 Å². The first-order valence-corrected chi connectivity index (χ1v) is 13.6. The maximum absolute atomic E-state index is 14.5. The molecule has 3 amide bonds. The second-order valence-electron chi connectivity index (χ2n) is 11.0. The van der Waals surface area contributed by atoms with Crippen LogP contribution in [0.15, 0.2) is 12.1 Å². The highest BCUT2D eigenvalue weighted by atomic mass is 19.4. The van der Waals surface area contributed by atoms with Gasteiger partial charge in [-0.1, -0.05) is 0 Å². The van der Waals surface area contributed by atoms with Crippen molar-refractivity contribution in [2.75, 3.05) is 44.3 Å². The van der Waals surface area contributed by atoms with Crippen molar-refractivity contribution in [3.8, 4) is 6.07 Å². The number of ether oxygens (including phenoxy) is 1. The van der Waals surface area contributed by atoms with Crippen LogP contribution >= 0.6 is 0 Å². The first kappa shape index (κ1) is 29.0. The molecule has 222 valence electrons. The van der Waals surface area contributed by atoms with Gasteiger partial charge in [0.15, 0.2) is 6.17 Å². The number of nitrogens with zero attached hydrogens (tertiary/aromatic N) is 3. The smallest absolute Gasteiger partial charge is 0.378 e. The highest BCUT2D eigenvalue weighted by molar-refractivity contribution is 6.01. The Kier molecular flexibility index (Phi) is 8.09. The van der Waals surface area contributed by atoms with Crippen molar-refractivity contribution in [3.05, 3.63) is 28.8 Å². The minimum atomic E-state index is -4.87. The average molecular weight is 584 g/mol. The molecule has 3 saturated heterocycles. The number of hydrogen-bond acceptors (Lipinski definition) is 6. The van der Waals surface area contributed by atoms with Crippen LogP contribution in [0.2, 0.25) is 0 Å². The summed E-state index contributed by atoms with van der Waals surface area (Å²) in [5, 5.41) is 14.7. The molecule has 5 unspecified atom stereocenters. The van der Waals surface area contributed by atoms with Crippen LogP contribution in [0.25, 0.3) is 0 Å². The largest absolute Gasteiger partial charge is 0.418 e. The van der Waals surface area contributed by atoms with Crippen molar-refractivity contribution in [1.82, 2.24) is 15.5 Å². The van der Waals surface area contributed by atoms with Gasteiger partial charge in [0, 0.05) is 38.6 Å². The molecule has 9 nitrogen and oxygen atoms in total. The van der Waals surface area contributed by atoms with Crippen LogP contribution in [0.1, 0.15) is 47.2 Å². The summed E-state index contributed by atoms with van der Waals surface area (Å²) in [6.07, 6.45) is -8.32. The second kappa shape index (κ2) is 11.4. The number of carbonyl (C=O) groups is 3. The van der Waals surface area contributed by atoms with Gasteiger partial charge in [0.2, 0.25) is 11.8 Å². The molecule has 0 aromatic heterocycles. The van der Waals surface area contributed by atoms with Crippen LogP contribution in [0, 0.1) is 23.2 Å². The number of nitriles is 1. The van der Waals surface area contributed by atoms with Crippen LogP contribution in [0.4, 0.5) is 27.6 Å². The quantitative estimate of drug-likeness (QED) is 0.526. The van der Waals surface area contributed by atoms with Gasteiger partial charge in [-0.25, -0.2) is 8.78 Å². The summed E-state index contributed by atoms with van der Waals surface area (Å²) in [7, 11) is 0. The SMILES string of the molecule is N#Cc1cc(C(=O)N2CCOCC2)c(N2CC[C@@H](NC(=O)C3CC(=O)NC4C(F)C(F)CCC34)C2)c(C(F)(F)F)c1. The second-order valence-corrected chi connectivity index (χ2v) is 11.0. The molecule has 5 rings (SSSR count). The first-order valence-electron chi connectivity index (χ1n) is 13.6. The lowest BCUT2D eigenvalue weighted by molar-refractivity contribution is -0.140. The summed E-state index contributed by atoms with van der Waals surface area (Å²) in [6, 6.07) is 1.85. The van der Waals surface area contributed by atoms with Gasteiger partial charge in [0.1, 0.15) is 6.17 Å². The number of halogens is 5. The topological polar surface area (TPSA) is 115 Å². The summed E-state index contributed by atoms with van der Waals surface area (Å²) in [5.74, 6) is -3.24. The van der Waals surface area contributed by atoms with Gasteiger partial charge in [0.25, 0.3) is 5.91 Å². The highest BCUT2D eigenvalue weighted by Crippen LogP contribution is 2.42. The summed E-state index contributed by atoms with van der Waals surface area (Å²) in [6.45, 7) is 0.870. The molecular formula is C27H30F5N5O4. The van der Waals surface area contributed by atoms with Crippen molar-refractivity contribution in [1.29, 1.82) is 5.26 Å². The number of alkyl halides is 5. The van der Waals surface area contributed by atoms with Crippen molar-refractivity contribution >= 4 is 23.4 Å². The Morgan fingerprint density at radius 3 is 2.51 bits per heavy atom. The lowest BCUT2D eigenvalue weighted by Crippen LogP contribution is -2.61. The Morgan fingerprint density at radius 1 is 1.10 bits per heavy atom. The molecule has 2 N–H and O–H groups in total. The van der Waals surface area contributed by atoms with E-state index in [4.69, 9.17) is 4.74 Å². The molecule has 4 aliphatic rings. The Labute approximate surface area is 233 Å². The lowest BCUT2D eigenvalue weighted by atomic mass is 9.71. The number of nitrogens with one attached hydrogen (secondary N) is 2. The van der Waals surface area contributed by atoms with Crippen LogP contribution in [-0.2, 0) is 20.5 Å². The van der Waals surface area contributed by atoms with Gasteiger partial charge in [-0.05, 0) is 37.3 Å². The molecule has 1 aromatic carbocycles. The summed E-state index contributed by atoms with van der Waals surface area (Å²) in [5.41, 5.74) is -2.04. The Bertz CT molecular complexity index is 1250. The minimum absolute atomic E-state index is 0.0601. The lowest BCUT2D eigenvalue weighted by Gasteiger charge is -2.43. The molecule has 3 aliphatic heterocycles. The third-order valence-electron chi connectivity index (χ3n) is 8.44. The molecule has 0 radical (unpaired) electrons. The number of rotatable bonds is 4. The fourth-order valence-electron chi connectivity index (χ4n) is 6.42. The van der Waals surface area contributed by atoms with Gasteiger partial charge in [-0.3, -0.25) is 14.4 Å². The van der Waals surface area contributed by atoms with E-state index in [0.29, 0.717) is 6.07 Å². The third-order valence-corrected chi connectivity index (χ3v) is 8.44. The van der Waals surface area contributed by atoms with Gasteiger partial charge in [0.05, 0.1) is 53.6 Å². The van der Waals surface area contributed by atoms with Crippen LogP contribution in [-0.4, -0.2) is 86.4 Å². The maximum atomic E-state index is 14.5.